The standard InChI is InChI=1S/C3H9N2OS/c1-2-3-5-7(4)6/h5H,1-4H2. The third-order valence-corrected chi connectivity index (χ3v) is 0.910. The highest BCUT2D eigenvalue weighted by molar-refractivity contribution is 7.87. The third-order valence-electron chi connectivity index (χ3n) is 0.421. The molecule has 7 heavy (non-hydrogen) atoms. The summed E-state index contributed by atoms with van der Waals surface area (Å²) in [6.45, 7) is 4.12. The van der Waals surface area contributed by atoms with E-state index in [1.807, 2.05) is 0 Å². The Morgan fingerprint density at radius 1 is 1.86 bits per heavy atom. The summed E-state index contributed by atoms with van der Waals surface area (Å²) in [5, 5.41) is 4.81. The van der Waals surface area contributed by atoms with Crippen LogP contribution in [0.2, 0.25) is 0 Å². The van der Waals surface area contributed by atoms with E-state index >= 15 is 0 Å². The molecule has 0 aliphatic heterocycles. The second kappa shape index (κ2) is 4.39. The van der Waals surface area contributed by atoms with Gasteiger partial charge in [-0.25, -0.2) is 0 Å². The monoisotopic (exact) mass is 121 g/mol. The fourth-order valence-electron chi connectivity index (χ4n) is 0.173. The molecule has 0 saturated carbocycles. The number of nitrogens with two attached hydrogens (primary N) is 1. The van der Waals surface area contributed by atoms with Crippen LogP contribution in [0, 0.1) is 6.92 Å². The van der Waals surface area contributed by atoms with Gasteiger partial charge in [-0.2, -0.15) is 0 Å². The van der Waals surface area contributed by atoms with Crippen molar-refractivity contribution < 1.29 is 4.55 Å². The molecule has 0 fully saturated rings. The van der Waals surface area contributed by atoms with Crippen molar-refractivity contribution in [1.29, 1.82) is 0 Å². The molecule has 0 aromatic heterocycles. The van der Waals surface area contributed by atoms with Gasteiger partial charge in [0.2, 0.25) is 0 Å². The van der Waals surface area contributed by atoms with Crippen molar-refractivity contribution in [2.45, 2.75) is 6.42 Å². The van der Waals surface area contributed by atoms with Crippen LogP contribution in [-0.4, -0.2) is 11.1 Å². The summed E-state index contributed by atoms with van der Waals surface area (Å²) in [6, 6.07) is 0. The molecule has 0 amide bonds. The van der Waals surface area contributed by atoms with E-state index in [0.29, 0.717) is 13.0 Å². The Morgan fingerprint density at radius 3 is 2.57 bits per heavy atom. The van der Waals surface area contributed by atoms with Crippen LogP contribution in [0.5, 0.6) is 0 Å². The summed E-state index contributed by atoms with van der Waals surface area (Å²) in [5.74, 6) is 0. The van der Waals surface area contributed by atoms with Gasteiger partial charge < -0.3 is 4.55 Å². The van der Waals surface area contributed by atoms with Gasteiger partial charge in [-0.1, -0.05) is 6.92 Å². The van der Waals surface area contributed by atoms with Crippen LogP contribution in [-0.2, 0) is 11.5 Å². The van der Waals surface area contributed by atoms with Crippen molar-refractivity contribution in [3.05, 3.63) is 6.92 Å². The molecule has 0 aromatic carbocycles. The number of rotatable bonds is 3. The maximum atomic E-state index is 9.95. The van der Waals surface area contributed by atoms with Crippen molar-refractivity contribution in [3.63, 3.8) is 0 Å². The molecule has 3 nitrogen and oxygen atoms in total. The molecule has 0 aromatic rings. The summed E-state index contributed by atoms with van der Waals surface area (Å²) >= 11 is -1.36. The second-order valence-electron chi connectivity index (χ2n) is 1.05. The first kappa shape index (κ1) is 7.23. The SMILES string of the molecule is [CH2]CCN[S+](N)[O-]. The van der Waals surface area contributed by atoms with Crippen LogP contribution < -0.4 is 9.86 Å². The fraction of sp³-hybridized carbons (Fsp3) is 0.667. The van der Waals surface area contributed by atoms with Crippen LogP contribution in [0.3, 0.4) is 0 Å². The van der Waals surface area contributed by atoms with Gasteiger partial charge in [0.05, 0.1) is 0 Å². The lowest BCUT2D eigenvalue weighted by atomic mass is 10.5. The van der Waals surface area contributed by atoms with Gasteiger partial charge in [-0.15, -0.1) is 9.86 Å². The summed E-state index contributed by atoms with van der Waals surface area (Å²) in [6.07, 6.45) is 0.711. The van der Waals surface area contributed by atoms with Crippen LogP contribution in [0.25, 0.3) is 0 Å². The Kier molecular flexibility index (Phi) is 4.53. The van der Waals surface area contributed by atoms with E-state index in [1.54, 1.807) is 0 Å². The van der Waals surface area contributed by atoms with Crippen LogP contribution in [0.4, 0.5) is 0 Å². The number of nitrogens with one attached hydrogen (secondary N) is 1. The molecule has 1 unspecified atom stereocenters. The third kappa shape index (κ3) is 6.23. The van der Waals surface area contributed by atoms with E-state index in [2.05, 4.69) is 11.6 Å². The van der Waals surface area contributed by atoms with Gasteiger partial charge in [-0.3, -0.25) is 0 Å². The summed E-state index contributed by atoms with van der Waals surface area (Å²) in [7, 11) is 0. The van der Waals surface area contributed by atoms with Crippen molar-refractivity contribution in [2.24, 2.45) is 5.14 Å². The summed E-state index contributed by atoms with van der Waals surface area (Å²) in [4.78, 5) is 0. The van der Waals surface area contributed by atoms with E-state index in [1.165, 1.54) is 0 Å². The Hall–Kier alpha value is 0.230. The molecule has 1 radical (unpaired) electrons. The molecule has 0 heterocycles. The molecule has 0 bridgehead atoms. The van der Waals surface area contributed by atoms with E-state index in [9.17, 15) is 4.55 Å². The smallest absolute Gasteiger partial charge is 0.132 e. The van der Waals surface area contributed by atoms with E-state index in [4.69, 9.17) is 5.14 Å². The maximum absolute atomic E-state index is 9.95. The Bertz CT molecular complexity index is 41.9. The van der Waals surface area contributed by atoms with E-state index < -0.39 is 11.5 Å². The van der Waals surface area contributed by atoms with Crippen LogP contribution in [0.15, 0.2) is 0 Å². The second-order valence-corrected chi connectivity index (χ2v) is 1.93. The minimum absolute atomic E-state index is 0.614. The van der Waals surface area contributed by atoms with Gasteiger partial charge >= 0.3 is 0 Å². The first-order valence-corrected chi connectivity index (χ1v) is 3.17. The van der Waals surface area contributed by atoms with Crippen LogP contribution in [0.1, 0.15) is 6.42 Å². The highest BCUT2D eigenvalue weighted by Gasteiger charge is 1.90. The molecule has 0 rings (SSSR count). The topological polar surface area (TPSA) is 61.1 Å². The van der Waals surface area contributed by atoms with Gasteiger partial charge in [0.25, 0.3) is 0 Å². The van der Waals surface area contributed by atoms with Gasteiger partial charge in [0.15, 0.2) is 0 Å². The highest BCUT2D eigenvalue weighted by atomic mass is 32.2. The molecular formula is C3H9N2OS. The molecule has 0 spiro atoms. The molecule has 0 aliphatic rings. The highest BCUT2D eigenvalue weighted by Crippen LogP contribution is 1.70. The predicted molar refractivity (Wildman–Crippen MR) is 30.3 cm³/mol. The fourth-order valence-corrected chi connectivity index (χ4v) is 0.518. The van der Waals surface area contributed by atoms with E-state index in [0.717, 1.165) is 0 Å². The lowest BCUT2D eigenvalue weighted by Crippen LogP contribution is -2.31. The van der Waals surface area contributed by atoms with Crippen molar-refractivity contribution >= 4 is 11.5 Å². The first-order chi connectivity index (χ1) is 3.27. The normalized spacial score (nSPS) is 14.1. The Balaban J connectivity index is 2.68. The lowest BCUT2D eigenvalue weighted by molar-refractivity contribution is 0.583. The van der Waals surface area contributed by atoms with Crippen LogP contribution >= 0.6 is 0 Å². The molecular weight excluding hydrogens is 112 g/mol. The minimum Gasteiger partial charge on any atom is -0.579 e. The zero-order chi connectivity index (χ0) is 5.70. The zero-order valence-corrected chi connectivity index (χ0v) is 4.83. The van der Waals surface area contributed by atoms with Crippen molar-refractivity contribution in [3.8, 4) is 0 Å². The van der Waals surface area contributed by atoms with E-state index in [-0.39, 0.29) is 0 Å². The quantitative estimate of drug-likeness (QED) is 0.487. The van der Waals surface area contributed by atoms with Gasteiger partial charge in [0, 0.05) is 6.54 Å². The molecule has 1 atom stereocenters. The molecule has 0 saturated heterocycles. The largest absolute Gasteiger partial charge is 0.579 e. The average Bonchev–Trinajstić information content (AvgIpc) is 1.61. The molecule has 43 valence electrons. The van der Waals surface area contributed by atoms with Gasteiger partial charge in [-0.05, 0) is 6.42 Å². The van der Waals surface area contributed by atoms with Gasteiger partial charge in [0.1, 0.15) is 11.5 Å². The minimum atomic E-state index is -1.36. The summed E-state index contributed by atoms with van der Waals surface area (Å²) in [5.41, 5.74) is 0. The Morgan fingerprint density at radius 2 is 2.43 bits per heavy atom. The molecule has 0 aliphatic carbocycles. The Labute approximate surface area is 46.7 Å². The lowest BCUT2D eigenvalue weighted by Gasteiger charge is -1.99. The maximum Gasteiger partial charge on any atom is 0.132 e. The molecule has 4 heteroatoms. The average molecular weight is 121 g/mol. The number of hydrogen-bond donors (Lipinski definition) is 2. The molecule has 3 N–H and O–H groups in total. The number of hydrogen-bond acceptors (Lipinski definition) is 3. The predicted octanol–water partition coefficient (Wildman–Crippen LogP) is -0.662. The zero-order valence-electron chi connectivity index (χ0n) is 4.02. The van der Waals surface area contributed by atoms with Crippen molar-refractivity contribution in [1.82, 2.24) is 4.72 Å². The summed E-state index contributed by atoms with van der Waals surface area (Å²) < 4.78 is 12.4. The van der Waals surface area contributed by atoms with Crippen molar-refractivity contribution in [2.75, 3.05) is 6.54 Å². The first-order valence-electron chi connectivity index (χ1n) is 1.96.